The van der Waals surface area contributed by atoms with Gasteiger partial charge in [0.1, 0.15) is 0 Å². The van der Waals surface area contributed by atoms with Crippen LogP contribution in [0.3, 0.4) is 0 Å². The molecule has 7 heteroatoms. The molecule has 1 saturated carbocycles. The molecule has 1 aliphatic carbocycles. The molecule has 15 heavy (non-hydrogen) atoms. The van der Waals surface area contributed by atoms with Crippen molar-refractivity contribution in [3.63, 3.8) is 0 Å². The summed E-state index contributed by atoms with van der Waals surface area (Å²) in [5, 5.41) is 1.92. The van der Waals surface area contributed by atoms with E-state index < -0.39 is 13.7 Å². The van der Waals surface area contributed by atoms with Gasteiger partial charge in [0.05, 0.1) is 0 Å². The molecule has 0 aromatic heterocycles. The van der Waals surface area contributed by atoms with Crippen molar-refractivity contribution >= 4 is 28.9 Å². The van der Waals surface area contributed by atoms with E-state index in [0.29, 0.717) is 4.82 Å². The van der Waals surface area contributed by atoms with Crippen molar-refractivity contribution in [3.8, 4) is 0 Å². The van der Waals surface area contributed by atoms with Gasteiger partial charge in [-0.05, 0) is 0 Å². The molecule has 1 aliphatic rings. The van der Waals surface area contributed by atoms with E-state index in [2.05, 4.69) is 0 Å². The fourth-order valence-electron chi connectivity index (χ4n) is 1.50. The molecule has 1 fully saturated rings. The van der Waals surface area contributed by atoms with E-state index in [-0.39, 0.29) is 15.3 Å². The van der Waals surface area contributed by atoms with Crippen molar-refractivity contribution in [2.75, 3.05) is 0 Å². The maximum atomic E-state index is 11.3. The third-order valence-corrected chi connectivity index (χ3v) is 6.39. The number of amides is 1. The third-order valence-electron chi connectivity index (χ3n) is 2.13. The summed E-state index contributed by atoms with van der Waals surface area (Å²) in [7, 11) is -3.89. The molecule has 0 aromatic rings. The zero-order valence-electron chi connectivity index (χ0n) is 8.64. The van der Waals surface area contributed by atoms with E-state index in [1.807, 2.05) is 5.09 Å². The number of hydrogen-bond donors (Lipinski definition) is 2. The molecule has 0 bridgehead atoms. The summed E-state index contributed by atoms with van der Waals surface area (Å²) in [4.78, 5) is 20.2. The third kappa shape index (κ3) is 5.69. The van der Waals surface area contributed by atoms with E-state index >= 15 is 0 Å². The Balaban J connectivity index is 2.28. The predicted molar refractivity (Wildman–Crippen MR) is 57.3 cm³/mol. The Morgan fingerprint density at radius 3 is 2.60 bits per heavy atom. The second kappa shape index (κ2) is 6.02. The Labute approximate surface area is 96.0 Å². The SMILES string of the molecule is CC(=O)NP(=O)(O)O[Se]C1CCCCC1. The topological polar surface area (TPSA) is 75.6 Å². The molecule has 1 unspecified atom stereocenters. The molecule has 0 heterocycles. The van der Waals surface area contributed by atoms with E-state index in [4.69, 9.17) is 3.61 Å². The van der Waals surface area contributed by atoms with Crippen LogP contribution in [-0.4, -0.2) is 26.1 Å². The van der Waals surface area contributed by atoms with Crippen LogP contribution in [-0.2, 0) is 13.0 Å². The Morgan fingerprint density at radius 1 is 1.47 bits per heavy atom. The van der Waals surface area contributed by atoms with E-state index in [1.165, 1.54) is 26.2 Å². The van der Waals surface area contributed by atoms with Crippen molar-refractivity contribution in [2.24, 2.45) is 0 Å². The molecule has 0 radical (unpaired) electrons. The first kappa shape index (κ1) is 13.2. The van der Waals surface area contributed by atoms with Gasteiger partial charge >= 0.3 is 95.7 Å². The molecule has 0 saturated heterocycles. The van der Waals surface area contributed by atoms with Crippen molar-refractivity contribution in [1.82, 2.24) is 5.09 Å². The summed E-state index contributed by atoms with van der Waals surface area (Å²) in [5.41, 5.74) is 0. The van der Waals surface area contributed by atoms with Crippen LogP contribution in [0.25, 0.3) is 0 Å². The molecular formula is C8H16NO4PSe. The Hall–Kier alpha value is 0.139. The van der Waals surface area contributed by atoms with Crippen LogP contribution in [0.15, 0.2) is 0 Å². The van der Waals surface area contributed by atoms with Crippen LogP contribution in [0.4, 0.5) is 0 Å². The Morgan fingerprint density at radius 2 is 2.07 bits per heavy atom. The van der Waals surface area contributed by atoms with Crippen molar-refractivity contribution in [1.29, 1.82) is 0 Å². The van der Waals surface area contributed by atoms with Crippen LogP contribution in [0.5, 0.6) is 0 Å². The molecule has 0 aliphatic heterocycles. The van der Waals surface area contributed by atoms with Gasteiger partial charge in [-0.1, -0.05) is 0 Å². The first-order chi connectivity index (χ1) is 6.99. The Bertz CT molecular complexity index is 267. The first-order valence-electron chi connectivity index (χ1n) is 4.96. The number of nitrogens with one attached hydrogen (secondary N) is 1. The van der Waals surface area contributed by atoms with Gasteiger partial charge in [0.2, 0.25) is 0 Å². The fourth-order valence-corrected chi connectivity index (χ4v) is 5.01. The molecule has 1 rings (SSSR count). The molecular weight excluding hydrogens is 284 g/mol. The summed E-state index contributed by atoms with van der Waals surface area (Å²) >= 11 is -0.312. The zero-order chi connectivity index (χ0) is 11.3. The summed E-state index contributed by atoms with van der Waals surface area (Å²) in [6.45, 7) is 1.19. The van der Waals surface area contributed by atoms with Crippen LogP contribution in [0.2, 0.25) is 4.82 Å². The monoisotopic (exact) mass is 301 g/mol. The molecule has 5 nitrogen and oxygen atoms in total. The van der Waals surface area contributed by atoms with Crippen LogP contribution >= 0.6 is 7.75 Å². The molecule has 0 spiro atoms. The second-order valence-electron chi connectivity index (χ2n) is 3.62. The standard InChI is InChI=1S/C8H16NO4PSe/c1-7(10)9-14(11,12)13-15-8-5-3-2-4-6-8/h8H,2-6H2,1H3,(H2,9,10,11,12). The van der Waals surface area contributed by atoms with Crippen molar-refractivity contribution < 1.29 is 17.9 Å². The van der Waals surface area contributed by atoms with Gasteiger partial charge in [0.15, 0.2) is 0 Å². The van der Waals surface area contributed by atoms with Gasteiger partial charge in [-0.2, -0.15) is 0 Å². The van der Waals surface area contributed by atoms with E-state index in [1.54, 1.807) is 0 Å². The van der Waals surface area contributed by atoms with E-state index in [9.17, 15) is 14.3 Å². The van der Waals surface area contributed by atoms with Crippen LogP contribution in [0, 0.1) is 0 Å². The second-order valence-corrected chi connectivity index (χ2v) is 7.77. The van der Waals surface area contributed by atoms with Gasteiger partial charge in [0.25, 0.3) is 0 Å². The molecule has 1 amide bonds. The number of carbonyl (C=O) groups excluding carboxylic acids is 1. The number of carbonyl (C=O) groups is 1. The molecule has 2 N–H and O–H groups in total. The molecule has 88 valence electrons. The van der Waals surface area contributed by atoms with Crippen LogP contribution < -0.4 is 5.09 Å². The minimum atomic E-state index is -3.89. The van der Waals surface area contributed by atoms with Crippen molar-refractivity contribution in [3.05, 3.63) is 0 Å². The van der Waals surface area contributed by atoms with Crippen molar-refractivity contribution in [2.45, 2.75) is 43.8 Å². The number of rotatable bonds is 4. The maximum absolute atomic E-state index is 11.3. The summed E-state index contributed by atoms with van der Waals surface area (Å²) in [6.07, 6.45) is 5.73. The zero-order valence-corrected chi connectivity index (χ0v) is 11.2. The summed E-state index contributed by atoms with van der Waals surface area (Å²) < 4.78 is 16.2. The van der Waals surface area contributed by atoms with Gasteiger partial charge in [-0.3, -0.25) is 0 Å². The average molecular weight is 300 g/mol. The fraction of sp³-hybridized carbons (Fsp3) is 0.875. The van der Waals surface area contributed by atoms with Gasteiger partial charge in [-0.15, -0.1) is 0 Å². The Kier molecular flexibility index (Phi) is 5.30. The first-order valence-corrected chi connectivity index (χ1v) is 8.23. The minimum absolute atomic E-state index is 0.312. The number of hydrogen-bond acceptors (Lipinski definition) is 3. The van der Waals surface area contributed by atoms with Gasteiger partial charge in [0, 0.05) is 0 Å². The summed E-state index contributed by atoms with van der Waals surface area (Å²) in [6, 6.07) is 0. The van der Waals surface area contributed by atoms with Gasteiger partial charge in [-0.25, -0.2) is 0 Å². The van der Waals surface area contributed by atoms with Gasteiger partial charge < -0.3 is 0 Å². The molecule has 1 atom stereocenters. The average Bonchev–Trinajstić information content (AvgIpc) is 2.15. The van der Waals surface area contributed by atoms with E-state index in [0.717, 1.165) is 12.8 Å². The predicted octanol–water partition coefficient (Wildman–Crippen LogP) is 1.61. The molecule has 0 aromatic carbocycles. The normalized spacial score (nSPS) is 22.0. The summed E-state index contributed by atoms with van der Waals surface area (Å²) in [5.74, 6) is -0.541. The quantitative estimate of drug-likeness (QED) is 0.611. The van der Waals surface area contributed by atoms with Crippen LogP contribution in [0.1, 0.15) is 39.0 Å².